The van der Waals surface area contributed by atoms with Gasteiger partial charge in [-0.2, -0.15) is 13.2 Å². The average Bonchev–Trinajstić information content (AvgIpc) is 2.74. The van der Waals surface area contributed by atoms with Gasteiger partial charge in [-0.25, -0.2) is 0 Å². The second kappa shape index (κ2) is 4.13. The molecular weight excluding hydrogens is 273 g/mol. The Bertz CT molecular complexity index is 758. The molecule has 0 N–H and O–H groups in total. The van der Waals surface area contributed by atoms with Crippen LogP contribution in [0.2, 0.25) is 0 Å². The molecule has 98 valence electrons. The quantitative estimate of drug-likeness (QED) is 0.604. The highest BCUT2D eigenvalue weighted by Gasteiger charge is 2.30. The van der Waals surface area contributed by atoms with Gasteiger partial charge in [0, 0.05) is 20.2 Å². The van der Waals surface area contributed by atoms with E-state index in [9.17, 15) is 13.2 Å². The number of hydrogen-bond donors (Lipinski definition) is 0. The summed E-state index contributed by atoms with van der Waals surface area (Å²) in [6, 6.07) is 9.29. The van der Waals surface area contributed by atoms with Gasteiger partial charge in [-0.15, -0.1) is 11.3 Å². The third-order valence-electron chi connectivity index (χ3n) is 3.00. The van der Waals surface area contributed by atoms with Crippen LogP contribution in [-0.2, 0) is 6.18 Å². The fourth-order valence-corrected chi connectivity index (χ4v) is 3.13. The minimum atomic E-state index is -4.32. The van der Waals surface area contributed by atoms with Gasteiger partial charge in [0.15, 0.2) is 0 Å². The summed E-state index contributed by atoms with van der Waals surface area (Å²) in [7, 11) is 1.54. The summed E-state index contributed by atoms with van der Waals surface area (Å²) in [6.07, 6.45) is -4.32. The maximum absolute atomic E-state index is 12.7. The number of halogens is 3. The van der Waals surface area contributed by atoms with E-state index in [1.807, 2.05) is 12.1 Å². The number of methoxy groups -OCH3 is 1. The third kappa shape index (κ3) is 2.04. The lowest BCUT2D eigenvalue weighted by molar-refractivity contribution is -0.137. The Morgan fingerprint density at radius 3 is 2.21 bits per heavy atom. The Hall–Kier alpha value is -1.75. The molecule has 1 nitrogen and oxygen atoms in total. The first-order valence-electron chi connectivity index (χ1n) is 5.56. The molecule has 3 rings (SSSR count). The molecule has 0 aliphatic carbocycles. The lowest BCUT2D eigenvalue weighted by atomic mass is 10.1. The number of hydrogen-bond acceptors (Lipinski definition) is 2. The van der Waals surface area contributed by atoms with E-state index in [0.29, 0.717) is 11.1 Å². The van der Waals surface area contributed by atoms with Crippen LogP contribution in [0.1, 0.15) is 5.56 Å². The van der Waals surface area contributed by atoms with Crippen molar-refractivity contribution in [2.24, 2.45) is 0 Å². The lowest BCUT2D eigenvalue weighted by Crippen LogP contribution is -2.03. The van der Waals surface area contributed by atoms with Crippen LogP contribution < -0.4 is 4.74 Å². The Morgan fingerprint density at radius 2 is 1.58 bits per heavy atom. The molecule has 2 aromatic carbocycles. The first kappa shape index (κ1) is 12.3. The minimum absolute atomic E-state index is 0.619. The van der Waals surface area contributed by atoms with Crippen molar-refractivity contribution in [2.75, 3.05) is 7.11 Å². The summed E-state index contributed by atoms with van der Waals surface area (Å²) in [5.74, 6) is 0.643. The Morgan fingerprint density at radius 1 is 0.947 bits per heavy atom. The van der Waals surface area contributed by atoms with Gasteiger partial charge in [0.1, 0.15) is 5.75 Å². The SMILES string of the molecule is COc1ccc2sc3ccc(C(F)(F)F)cc3c2c1. The number of alkyl halides is 3. The van der Waals surface area contributed by atoms with E-state index in [1.54, 1.807) is 6.07 Å². The highest BCUT2D eigenvalue weighted by atomic mass is 32.1. The molecular formula is C14H9F3OS. The Labute approximate surface area is 111 Å². The van der Waals surface area contributed by atoms with Gasteiger partial charge in [-0.1, -0.05) is 0 Å². The number of thiophene rings is 1. The molecule has 0 radical (unpaired) electrons. The Kier molecular flexibility index (Phi) is 2.67. The van der Waals surface area contributed by atoms with E-state index in [2.05, 4.69) is 0 Å². The molecule has 0 spiro atoms. The number of benzene rings is 2. The molecule has 1 heterocycles. The maximum Gasteiger partial charge on any atom is 0.416 e. The van der Waals surface area contributed by atoms with Gasteiger partial charge in [-0.05, 0) is 36.4 Å². The number of rotatable bonds is 1. The topological polar surface area (TPSA) is 9.23 Å². The second-order valence-electron chi connectivity index (χ2n) is 4.17. The van der Waals surface area contributed by atoms with Crippen LogP contribution in [0.15, 0.2) is 36.4 Å². The van der Waals surface area contributed by atoms with Crippen LogP contribution in [0.3, 0.4) is 0 Å². The van der Waals surface area contributed by atoms with E-state index >= 15 is 0 Å². The monoisotopic (exact) mass is 282 g/mol. The zero-order valence-electron chi connectivity index (χ0n) is 9.91. The molecule has 0 fully saturated rings. The van der Waals surface area contributed by atoms with E-state index in [4.69, 9.17) is 4.74 Å². The van der Waals surface area contributed by atoms with Crippen molar-refractivity contribution < 1.29 is 17.9 Å². The van der Waals surface area contributed by atoms with Crippen LogP contribution in [0.25, 0.3) is 20.2 Å². The second-order valence-corrected chi connectivity index (χ2v) is 5.26. The van der Waals surface area contributed by atoms with Crippen LogP contribution in [0, 0.1) is 0 Å². The van der Waals surface area contributed by atoms with Crippen molar-refractivity contribution >= 4 is 31.5 Å². The van der Waals surface area contributed by atoms with Crippen molar-refractivity contribution in [1.82, 2.24) is 0 Å². The van der Waals surface area contributed by atoms with Crippen molar-refractivity contribution in [3.8, 4) is 5.75 Å². The lowest BCUT2D eigenvalue weighted by Gasteiger charge is -2.06. The van der Waals surface area contributed by atoms with E-state index in [0.717, 1.165) is 20.9 Å². The van der Waals surface area contributed by atoms with Gasteiger partial charge in [0.2, 0.25) is 0 Å². The molecule has 5 heteroatoms. The first-order valence-corrected chi connectivity index (χ1v) is 6.38. The zero-order chi connectivity index (χ0) is 13.6. The van der Waals surface area contributed by atoms with Crippen molar-refractivity contribution in [2.45, 2.75) is 6.18 Å². The highest BCUT2D eigenvalue weighted by Crippen LogP contribution is 2.39. The smallest absolute Gasteiger partial charge is 0.416 e. The molecule has 0 aliphatic rings. The Balaban J connectivity index is 2.33. The van der Waals surface area contributed by atoms with Crippen LogP contribution >= 0.6 is 11.3 Å². The zero-order valence-corrected chi connectivity index (χ0v) is 10.7. The van der Waals surface area contributed by atoms with E-state index < -0.39 is 11.7 Å². The van der Waals surface area contributed by atoms with Gasteiger partial charge in [0.05, 0.1) is 12.7 Å². The summed E-state index contributed by atoms with van der Waals surface area (Å²) in [5, 5.41) is 1.42. The fourth-order valence-electron chi connectivity index (χ4n) is 2.06. The fraction of sp³-hybridized carbons (Fsp3) is 0.143. The summed E-state index contributed by atoms with van der Waals surface area (Å²) in [5.41, 5.74) is -0.623. The van der Waals surface area contributed by atoms with Gasteiger partial charge >= 0.3 is 6.18 Å². The summed E-state index contributed by atoms with van der Waals surface area (Å²) < 4.78 is 45.2. The predicted molar refractivity (Wildman–Crippen MR) is 70.9 cm³/mol. The van der Waals surface area contributed by atoms with Crippen molar-refractivity contribution in [3.05, 3.63) is 42.0 Å². The predicted octanol–water partition coefficient (Wildman–Crippen LogP) is 5.08. The van der Waals surface area contributed by atoms with E-state index in [-0.39, 0.29) is 0 Å². The van der Waals surface area contributed by atoms with Crippen LogP contribution in [-0.4, -0.2) is 7.11 Å². The van der Waals surface area contributed by atoms with Gasteiger partial charge < -0.3 is 4.74 Å². The standard InChI is InChI=1S/C14H9F3OS/c1-18-9-3-5-13-11(7-9)10-6-8(14(15,16)17)2-4-12(10)19-13/h2-7H,1H3. The molecule has 0 saturated carbocycles. The summed E-state index contributed by atoms with van der Waals surface area (Å²) in [6.45, 7) is 0. The molecule has 0 amide bonds. The van der Waals surface area contributed by atoms with E-state index in [1.165, 1.54) is 30.6 Å². The molecule has 0 unspecified atom stereocenters. The third-order valence-corrected chi connectivity index (χ3v) is 4.16. The van der Waals surface area contributed by atoms with Crippen LogP contribution in [0.5, 0.6) is 5.75 Å². The minimum Gasteiger partial charge on any atom is -0.497 e. The molecule has 3 aromatic rings. The number of ether oxygens (including phenoxy) is 1. The van der Waals surface area contributed by atoms with Crippen molar-refractivity contribution in [3.63, 3.8) is 0 Å². The molecule has 19 heavy (non-hydrogen) atoms. The summed E-state index contributed by atoms with van der Waals surface area (Å²) >= 11 is 1.48. The largest absolute Gasteiger partial charge is 0.497 e. The average molecular weight is 282 g/mol. The normalized spacial score (nSPS) is 12.2. The van der Waals surface area contributed by atoms with Crippen molar-refractivity contribution in [1.29, 1.82) is 0 Å². The number of fused-ring (bicyclic) bond motifs is 3. The molecule has 0 atom stereocenters. The molecule has 0 aliphatic heterocycles. The molecule has 1 aromatic heterocycles. The molecule has 0 bridgehead atoms. The molecule has 0 saturated heterocycles. The van der Waals surface area contributed by atoms with Crippen LogP contribution in [0.4, 0.5) is 13.2 Å². The first-order chi connectivity index (χ1) is 8.99. The van der Waals surface area contributed by atoms with Gasteiger partial charge in [0.25, 0.3) is 0 Å². The maximum atomic E-state index is 12.7. The summed E-state index contributed by atoms with van der Waals surface area (Å²) in [4.78, 5) is 0. The van der Waals surface area contributed by atoms with Gasteiger partial charge in [-0.3, -0.25) is 0 Å². The highest BCUT2D eigenvalue weighted by molar-refractivity contribution is 7.25.